The van der Waals surface area contributed by atoms with Crippen LogP contribution in [-0.2, 0) is 12.0 Å². The zero-order valence-electron chi connectivity index (χ0n) is 12.8. The van der Waals surface area contributed by atoms with E-state index in [1.807, 2.05) is 11.3 Å². The van der Waals surface area contributed by atoms with Crippen LogP contribution in [0.25, 0.3) is 0 Å². The maximum absolute atomic E-state index is 4.86. The normalized spacial score (nSPS) is 12.4. The first-order chi connectivity index (χ1) is 8.36. The fourth-order valence-corrected chi connectivity index (χ4v) is 3.07. The lowest BCUT2D eigenvalue weighted by Gasteiger charge is -2.17. The van der Waals surface area contributed by atoms with E-state index in [9.17, 15) is 0 Å². The summed E-state index contributed by atoms with van der Waals surface area (Å²) < 4.78 is 0. The maximum atomic E-state index is 4.86. The van der Waals surface area contributed by atoms with Crippen molar-refractivity contribution >= 4 is 11.3 Å². The summed E-state index contributed by atoms with van der Waals surface area (Å²) in [5.41, 5.74) is 1.42. The third-order valence-corrected chi connectivity index (χ3v) is 4.27. The van der Waals surface area contributed by atoms with Crippen molar-refractivity contribution in [2.24, 2.45) is 0 Å². The first-order valence-electron chi connectivity index (χ1n) is 7.07. The van der Waals surface area contributed by atoms with Gasteiger partial charge < -0.3 is 5.32 Å². The molecule has 0 amide bonds. The van der Waals surface area contributed by atoms with E-state index in [1.54, 1.807) is 0 Å². The quantitative estimate of drug-likeness (QED) is 0.771. The molecule has 104 valence electrons. The van der Waals surface area contributed by atoms with Crippen LogP contribution in [-0.4, -0.2) is 11.5 Å². The number of rotatable bonds is 6. The Morgan fingerprint density at radius 3 is 2.44 bits per heavy atom. The lowest BCUT2D eigenvalue weighted by Crippen LogP contribution is -2.19. The van der Waals surface area contributed by atoms with Gasteiger partial charge in [0.1, 0.15) is 0 Å². The fraction of sp³-hybridized carbons (Fsp3) is 0.800. The van der Waals surface area contributed by atoms with Gasteiger partial charge in [0.25, 0.3) is 0 Å². The smallest absolute Gasteiger partial charge is 0.0957 e. The molecule has 0 aliphatic rings. The molecule has 0 unspecified atom stereocenters. The van der Waals surface area contributed by atoms with Gasteiger partial charge in [-0.25, -0.2) is 4.98 Å². The van der Waals surface area contributed by atoms with E-state index in [-0.39, 0.29) is 5.41 Å². The van der Waals surface area contributed by atoms with Gasteiger partial charge in [-0.05, 0) is 13.0 Å². The molecule has 1 heterocycles. The molecule has 0 atom stereocenters. The van der Waals surface area contributed by atoms with Crippen LogP contribution in [0.15, 0.2) is 0 Å². The van der Waals surface area contributed by atoms with Gasteiger partial charge in [0, 0.05) is 22.8 Å². The molecule has 1 rings (SSSR count). The molecule has 1 aromatic rings. The van der Waals surface area contributed by atoms with Crippen LogP contribution in [0.2, 0.25) is 0 Å². The lowest BCUT2D eigenvalue weighted by atomic mass is 9.91. The Labute approximate surface area is 116 Å². The third-order valence-electron chi connectivity index (χ3n) is 2.91. The Bertz CT molecular complexity index is 361. The van der Waals surface area contributed by atoms with Crippen molar-refractivity contribution in [1.82, 2.24) is 10.3 Å². The van der Waals surface area contributed by atoms with E-state index < -0.39 is 0 Å². The topological polar surface area (TPSA) is 24.9 Å². The van der Waals surface area contributed by atoms with E-state index in [0.717, 1.165) is 13.1 Å². The van der Waals surface area contributed by atoms with Gasteiger partial charge in [-0.3, -0.25) is 0 Å². The van der Waals surface area contributed by atoms with Crippen molar-refractivity contribution in [1.29, 1.82) is 0 Å². The molecular weight excluding hydrogens is 240 g/mol. The predicted molar refractivity (Wildman–Crippen MR) is 81.5 cm³/mol. The van der Waals surface area contributed by atoms with Gasteiger partial charge >= 0.3 is 0 Å². The summed E-state index contributed by atoms with van der Waals surface area (Å²) in [4.78, 5) is 6.28. The Kier molecular flexibility index (Phi) is 5.80. The summed E-state index contributed by atoms with van der Waals surface area (Å²) in [6.45, 7) is 15.5. The summed E-state index contributed by atoms with van der Waals surface area (Å²) in [7, 11) is 0. The standard InChI is InChI=1S/C15H28N2S/c1-7-8-9-16-10-12-13(15(4,5)6)17-14(18-12)11(2)3/h11,16H,7-10H2,1-6H3. The lowest BCUT2D eigenvalue weighted by molar-refractivity contribution is 0.554. The van der Waals surface area contributed by atoms with Crippen molar-refractivity contribution in [2.45, 2.75) is 72.3 Å². The molecule has 0 aromatic carbocycles. The average Bonchev–Trinajstić information content (AvgIpc) is 2.68. The van der Waals surface area contributed by atoms with Crippen molar-refractivity contribution in [2.75, 3.05) is 6.54 Å². The van der Waals surface area contributed by atoms with Crippen LogP contribution in [0.5, 0.6) is 0 Å². The van der Waals surface area contributed by atoms with E-state index in [1.165, 1.54) is 28.4 Å². The Morgan fingerprint density at radius 2 is 1.94 bits per heavy atom. The minimum atomic E-state index is 0.144. The first-order valence-corrected chi connectivity index (χ1v) is 7.88. The molecule has 18 heavy (non-hydrogen) atoms. The molecule has 0 aliphatic carbocycles. The largest absolute Gasteiger partial charge is 0.312 e. The van der Waals surface area contributed by atoms with E-state index >= 15 is 0 Å². The summed E-state index contributed by atoms with van der Waals surface area (Å²) in [5.74, 6) is 0.528. The van der Waals surface area contributed by atoms with E-state index in [0.29, 0.717) is 5.92 Å². The minimum absolute atomic E-state index is 0.144. The number of nitrogens with zero attached hydrogens (tertiary/aromatic N) is 1. The van der Waals surface area contributed by atoms with Crippen molar-refractivity contribution < 1.29 is 0 Å². The highest BCUT2D eigenvalue weighted by Gasteiger charge is 2.23. The van der Waals surface area contributed by atoms with Gasteiger partial charge in [0.05, 0.1) is 10.7 Å². The maximum Gasteiger partial charge on any atom is 0.0957 e. The highest BCUT2D eigenvalue weighted by atomic mass is 32.1. The van der Waals surface area contributed by atoms with Crippen LogP contribution in [0.3, 0.4) is 0 Å². The van der Waals surface area contributed by atoms with Crippen LogP contribution < -0.4 is 5.32 Å². The Hall–Kier alpha value is -0.410. The monoisotopic (exact) mass is 268 g/mol. The number of thiazole rings is 1. The molecule has 0 spiro atoms. The Balaban J connectivity index is 2.80. The van der Waals surface area contributed by atoms with Gasteiger partial charge in [0.2, 0.25) is 0 Å². The molecule has 2 nitrogen and oxygen atoms in total. The second kappa shape index (κ2) is 6.67. The van der Waals surface area contributed by atoms with E-state index in [2.05, 4.69) is 46.9 Å². The molecule has 0 fully saturated rings. The molecule has 0 aliphatic heterocycles. The molecule has 0 radical (unpaired) electrons. The van der Waals surface area contributed by atoms with Crippen LogP contribution >= 0.6 is 11.3 Å². The molecule has 1 N–H and O–H groups in total. The van der Waals surface area contributed by atoms with E-state index in [4.69, 9.17) is 4.98 Å². The van der Waals surface area contributed by atoms with Gasteiger partial charge in [-0.15, -0.1) is 11.3 Å². The third kappa shape index (κ3) is 4.36. The summed E-state index contributed by atoms with van der Waals surface area (Å²) in [5, 5.41) is 4.81. The predicted octanol–water partition coefficient (Wildman–Crippen LogP) is 4.45. The first kappa shape index (κ1) is 15.6. The fourth-order valence-electron chi connectivity index (χ4n) is 1.83. The summed E-state index contributed by atoms with van der Waals surface area (Å²) in [6, 6.07) is 0. The highest BCUT2D eigenvalue weighted by molar-refractivity contribution is 7.11. The molecule has 0 bridgehead atoms. The molecule has 3 heteroatoms. The zero-order valence-corrected chi connectivity index (χ0v) is 13.6. The average molecular weight is 268 g/mol. The summed E-state index contributed by atoms with van der Waals surface area (Å²) >= 11 is 1.88. The van der Waals surface area contributed by atoms with Crippen molar-refractivity contribution in [3.63, 3.8) is 0 Å². The van der Waals surface area contributed by atoms with Crippen molar-refractivity contribution in [3.05, 3.63) is 15.6 Å². The second-order valence-corrected chi connectivity index (χ2v) is 7.37. The number of aromatic nitrogens is 1. The molecular formula is C15H28N2S. The number of unbranched alkanes of at least 4 members (excludes halogenated alkanes) is 1. The highest BCUT2D eigenvalue weighted by Crippen LogP contribution is 2.32. The minimum Gasteiger partial charge on any atom is -0.312 e. The second-order valence-electron chi connectivity index (χ2n) is 6.26. The number of nitrogens with one attached hydrogen (secondary N) is 1. The summed E-state index contributed by atoms with van der Waals surface area (Å²) in [6.07, 6.45) is 2.50. The van der Waals surface area contributed by atoms with Crippen molar-refractivity contribution in [3.8, 4) is 0 Å². The molecule has 0 saturated carbocycles. The van der Waals surface area contributed by atoms with Gasteiger partial charge in [0.15, 0.2) is 0 Å². The van der Waals surface area contributed by atoms with Gasteiger partial charge in [-0.2, -0.15) is 0 Å². The zero-order chi connectivity index (χ0) is 13.8. The Morgan fingerprint density at radius 1 is 1.28 bits per heavy atom. The molecule has 0 saturated heterocycles. The SMILES string of the molecule is CCCCNCc1sc(C(C)C)nc1C(C)(C)C. The van der Waals surface area contributed by atoms with Crippen LogP contribution in [0.1, 0.15) is 75.9 Å². The van der Waals surface area contributed by atoms with Crippen LogP contribution in [0, 0.1) is 0 Å². The van der Waals surface area contributed by atoms with Crippen LogP contribution in [0.4, 0.5) is 0 Å². The molecule has 1 aromatic heterocycles. The van der Waals surface area contributed by atoms with Gasteiger partial charge in [-0.1, -0.05) is 48.0 Å². The number of hydrogen-bond acceptors (Lipinski definition) is 3. The number of hydrogen-bond donors (Lipinski definition) is 1.